The topological polar surface area (TPSA) is 63.1 Å². The summed E-state index contributed by atoms with van der Waals surface area (Å²) < 4.78 is 18.6. The van der Waals surface area contributed by atoms with E-state index in [1.54, 1.807) is 24.0 Å². The molecule has 0 unspecified atom stereocenters. The van der Waals surface area contributed by atoms with E-state index in [0.717, 1.165) is 4.90 Å². The molecule has 2 amide bonds. The number of carbonyl (C=O) groups excluding carboxylic acids is 2. The normalized spacial score (nSPS) is 16.7. The maximum atomic E-state index is 13.6. The van der Waals surface area contributed by atoms with Crippen LogP contribution in [0, 0.1) is 5.82 Å². The highest BCUT2D eigenvalue weighted by molar-refractivity contribution is 5.93. The van der Waals surface area contributed by atoms with Crippen LogP contribution in [0.5, 0.6) is 0 Å². The highest BCUT2D eigenvalue weighted by Gasteiger charge is 2.31. The molecule has 6 nitrogen and oxygen atoms in total. The molecule has 1 aromatic carbocycles. The van der Waals surface area contributed by atoms with Gasteiger partial charge in [0.25, 0.3) is 5.91 Å². The van der Waals surface area contributed by atoms with Crippen LogP contribution in [0.4, 0.5) is 14.9 Å². The van der Waals surface area contributed by atoms with Crippen LogP contribution in [0.1, 0.15) is 13.8 Å². The maximum absolute atomic E-state index is 13.6. The van der Waals surface area contributed by atoms with Gasteiger partial charge >= 0.3 is 6.09 Å². The van der Waals surface area contributed by atoms with Crippen molar-refractivity contribution >= 4 is 17.7 Å². The Morgan fingerprint density at radius 1 is 1.35 bits per heavy atom. The first-order chi connectivity index (χ1) is 11.0. The number of amides is 2. The summed E-state index contributed by atoms with van der Waals surface area (Å²) in [7, 11) is 0. The van der Waals surface area contributed by atoms with Gasteiger partial charge in [0.15, 0.2) is 6.04 Å². The number of benzene rings is 1. The summed E-state index contributed by atoms with van der Waals surface area (Å²) in [6.07, 6.45) is -0.310. The largest absolute Gasteiger partial charge is 0.450 e. The van der Waals surface area contributed by atoms with Crippen LogP contribution in [0.3, 0.4) is 0 Å². The molecule has 0 bridgehead atoms. The number of ether oxygens (including phenoxy) is 1. The minimum Gasteiger partial charge on any atom is -0.450 e. The van der Waals surface area contributed by atoms with E-state index >= 15 is 0 Å². The molecule has 7 heteroatoms. The van der Waals surface area contributed by atoms with Crippen molar-refractivity contribution in [3.63, 3.8) is 0 Å². The number of hydrogen-bond donors (Lipinski definition) is 2. The fourth-order valence-electron chi connectivity index (χ4n) is 2.61. The molecule has 0 aromatic heterocycles. The van der Waals surface area contributed by atoms with Crippen LogP contribution < -0.4 is 10.2 Å². The first-order valence-electron chi connectivity index (χ1n) is 7.84. The van der Waals surface area contributed by atoms with Gasteiger partial charge in [0.1, 0.15) is 5.82 Å². The Morgan fingerprint density at radius 3 is 2.61 bits per heavy atom. The molecule has 1 saturated heterocycles. The summed E-state index contributed by atoms with van der Waals surface area (Å²) in [5, 5.41) is 2.62. The molecule has 23 heavy (non-hydrogen) atoms. The van der Waals surface area contributed by atoms with E-state index in [2.05, 4.69) is 5.32 Å². The van der Waals surface area contributed by atoms with Crippen LogP contribution in [0.25, 0.3) is 0 Å². The fraction of sp³-hybridized carbons (Fsp3) is 0.500. The predicted molar refractivity (Wildman–Crippen MR) is 83.8 cm³/mol. The Balaban J connectivity index is 1.87. The summed E-state index contributed by atoms with van der Waals surface area (Å²) in [4.78, 5) is 26.7. The molecular formula is C16H23FN3O3+. The zero-order valence-corrected chi connectivity index (χ0v) is 13.5. The van der Waals surface area contributed by atoms with Gasteiger partial charge in [0.2, 0.25) is 0 Å². The summed E-state index contributed by atoms with van der Waals surface area (Å²) >= 11 is 0. The first-order valence-corrected chi connectivity index (χ1v) is 7.84. The van der Waals surface area contributed by atoms with Gasteiger partial charge in [-0.05, 0) is 26.0 Å². The van der Waals surface area contributed by atoms with E-state index in [1.165, 1.54) is 12.1 Å². The Morgan fingerprint density at radius 2 is 2.00 bits per heavy atom. The highest BCUT2D eigenvalue weighted by atomic mass is 19.1. The van der Waals surface area contributed by atoms with Crippen LogP contribution in [-0.4, -0.2) is 55.7 Å². The third-order valence-corrected chi connectivity index (χ3v) is 4.07. The highest BCUT2D eigenvalue weighted by Crippen LogP contribution is 2.12. The van der Waals surface area contributed by atoms with Gasteiger partial charge in [-0.1, -0.05) is 12.1 Å². The minimum atomic E-state index is -0.449. The van der Waals surface area contributed by atoms with Crippen molar-refractivity contribution in [2.45, 2.75) is 19.9 Å². The molecule has 0 spiro atoms. The lowest BCUT2D eigenvalue weighted by atomic mass is 10.2. The fourth-order valence-corrected chi connectivity index (χ4v) is 2.61. The molecule has 126 valence electrons. The van der Waals surface area contributed by atoms with Crippen LogP contribution in [0.15, 0.2) is 24.3 Å². The molecule has 1 fully saturated rings. The van der Waals surface area contributed by atoms with Crippen molar-refractivity contribution in [3.8, 4) is 0 Å². The first kappa shape index (κ1) is 17.2. The van der Waals surface area contributed by atoms with Crippen molar-refractivity contribution in [1.29, 1.82) is 0 Å². The van der Waals surface area contributed by atoms with E-state index < -0.39 is 5.82 Å². The second-order valence-electron chi connectivity index (χ2n) is 5.54. The number of rotatable bonds is 4. The molecule has 1 heterocycles. The number of halogens is 1. The van der Waals surface area contributed by atoms with E-state index in [9.17, 15) is 14.0 Å². The summed E-state index contributed by atoms with van der Waals surface area (Å²) in [5.74, 6) is -0.676. The van der Waals surface area contributed by atoms with Crippen LogP contribution in [0.2, 0.25) is 0 Å². The van der Waals surface area contributed by atoms with E-state index in [4.69, 9.17) is 4.74 Å². The zero-order chi connectivity index (χ0) is 16.8. The summed E-state index contributed by atoms with van der Waals surface area (Å²) in [6.45, 7) is 6.35. The molecule has 2 N–H and O–H groups in total. The van der Waals surface area contributed by atoms with Gasteiger partial charge in [-0.2, -0.15) is 0 Å². The molecular weight excluding hydrogens is 301 g/mol. The minimum absolute atomic E-state index is 0.189. The number of nitrogens with zero attached hydrogens (tertiary/aromatic N) is 1. The molecule has 1 aromatic rings. The molecule has 0 aliphatic carbocycles. The van der Waals surface area contributed by atoms with Gasteiger partial charge < -0.3 is 15.0 Å². The van der Waals surface area contributed by atoms with E-state index in [0.29, 0.717) is 32.8 Å². The molecule has 1 aliphatic heterocycles. The third-order valence-electron chi connectivity index (χ3n) is 4.07. The lowest BCUT2D eigenvalue weighted by Crippen LogP contribution is -3.19. The molecule has 0 radical (unpaired) electrons. The number of hydrogen-bond acceptors (Lipinski definition) is 3. The maximum Gasteiger partial charge on any atom is 0.410 e. The van der Waals surface area contributed by atoms with E-state index in [-0.39, 0.29) is 23.7 Å². The number of piperazine rings is 1. The van der Waals surface area contributed by atoms with Gasteiger partial charge in [0, 0.05) is 0 Å². The molecule has 1 aliphatic rings. The molecule has 2 rings (SSSR count). The number of nitrogens with one attached hydrogen (secondary N) is 2. The Kier molecular flexibility index (Phi) is 5.92. The van der Waals surface area contributed by atoms with Crippen molar-refractivity contribution in [1.82, 2.24) is 4.90 Å². The van der Waals surface area contributed by atoms with Gasteiger partial charge in [-0.3, -0.25) is 9.69 Å². The van der Waals surface area contributed by atoms with Crippen LogP contribution in [-0.2, 0) is 9.53 Å². The second-order valence-corrected chi connectivity index (χ2v) is 5.54. The standard InChI is InChI=1S/C16H22FN3O3/c1-3-23-16(22)20-10-8-19(9-11-20)12(2)15(21)18-14-7-5-4-6-13(14)17/h4-7,12H,3,8-11H2,1-2H3,(H,18,21)/p+1/t12-/m1/s1. The Bertz CT molecular complexity index is 559. The molecule has 0 saturated carbocycles. The Hall–Kier alpha value is -2.15. The van der Waals surface area contributed by atoms with Crippen LogP contribution >= 0.6 is 0 Å². The number of carbonyl (C=O) groups is 2. The smallest absolute Gasteiger partial charge is 0.410 e. The van der Waals surface area contributed by atoms with E-state index in [1.807, 2.05) is 6.92 Å². The summed E-state index contributed by atoms with van der Waals surface area (Å²) in [5.41, 5.74) is 0.189. The quantitative estimate of drug-likeness (QED) is 0.848. The predicted octanol–water partition coefficient (Wildman–Crippen LogP) is 0.510. The van der Waals surface area contributed by atoms with Crippen molar-refractivity contribution in [2.75, 3.05) is 38.1 Å². The second kappa shape index (κ2) is 7.92. The zero-order valence-electron chi connectivity index (χ0n) is 13.5. The van der Waals surface area contributed by atoms with Gasteiger partial charge in [-0.15, -0.1) is 0 Å². The summed E-state index contributed by atoms with van der Waals surface area (Å²) in [6, 6.07) is 5.78. The number of para-hydroxylation sites is 1. The average Bonchev–Trinajstić information content (AvgIpc) is 2.56. The van der Waals surface area contributed by atoms with Crippen molar-refractivity contribution < 1.29 is 23.6 Å². The Labute approximate surface area is 135 Å². The molecule has 1 atom stereocenters. The lowest BCUT2D eigenvalue weighted by molar-refractivity contribution is -0.917. The number of quaternary nitrogens is 1. The average molecular weight is 324 g/mol. The third kappa shape index (κ3) is 4.41. The van der Waals surface area contributed by atoms with Gasteiger partial charge in [-0.25, -0.2) is 9.18 Å². The van der Waals surface area contributed by atoms with Crippen molar-refractivity contribution in [2.24, 2.45) is 0 Å². The SMILES string of the molecule is CCOC(=O)N1CC[NH+]([C@H](C)C(=O)Nc2ccccc2F)CC1. The number of anilines is 1. The van der Waals surface area contributed by atoms with Gasteiger partial charge in [0.05, 0.1) is 38.5 Å². The lowest BCUT2D eigenvalue weighted by Gasteiger charge is -2.34. The monoisotopic (exact) mass is 324 g/mol. The van der Waals surface area contributed by atoms with Crippen molar-refractivity contribution in [3.05, 3.63) is 30.1 Å².